The highest BCUT2D eigenvalue weighted by molar-refractivity contribution is 5.94. The van der Waals surface area contributed by atoms with Crippen LogP contribution >= 0.6 is 0 Å². The summed E-state index contributed by atoms with van der Waals surface area (Å²) in [5, 5.41) is 5.88. The Bertz CT molecular complexity index is 466. The predicted octanol–water partition coefficient (Wildman–Crippen LogP) is 2.01. The topological polar surface area (TPSA) is 67.4 Å². The fourth-order valence-electron chi connectivity index (χ4n) is 1.73. The second kappa shape index (κ2) is 5.73. The van der Waals surface area contributed by atoms with Gasteiger partial charge >= 0.3 is 5.97 Å². The lowest BCUT2D eigenvalue weighted by Crippen LogP contribution is -2.27. The van der Waals surface area contributed by atoms with E-state index in [0.29, 0.717) is 0 Å². The monoisotopic (exact) mass is 262 g/mol. The Morgan fingerprint density at radius 1 is 1.21 bits per heavy atom. The van der Waals surface area contributed by atoms with Crippen LogP contribution in [0.2, 0.25) is 0 Å². The van der Waals surface area contributed by atoms with Gasteiger partial charge in [-0.25, -0.2) is 4.79 Å². The largest absolute Gasteiger partial charge is 0.467 e. The third-order valence-corrected chi connectivity index (χ3v) is 3.04. The van der Waals surface area contributed by atoms with E-state index in [2.05, 4.69) is 15.4 Å². The number of nitrogens with one attached hydrogen (secondary N) is 2. The SMILES string of the molecule is COC(=O)C(C)Nc1ccc(NC(=O)C2CC2)cc1. The minimum absolute atomic E-state index is 0.0867. The van der Waals surface area contributed by atoms with E-state index < -0.39 is 6.04 Å². The molecule has 1 unspecified atom stereocenters. The third-order valence-electron chi connectivity index (χ3n) is 3.04. The Labute approximate surface area is 112 Å². The smallest absolute Gasteiger partial charge is 0.327 e. The molecule has 1 fully saturated rings. The molecule has 0 bridgehead atoms. The molecule has 0 heterocycles. The molecule has 2 rings (SSSR count). The van der Waals surface area contributed by atoms with Crippen molar-refractivity contribution < 1.29 is 14.3 Å². The number of rotatable bonds is 5. The summed E-state index contributed by atoms with van der Waals surface area (Å²) in [6.07, 6.45) is 1.98. The van der Waals surface area contributed by atoms with Crippen LogP contribution < -0.4 is 10.6 Å². The zero-order valence-electron chi connectivity index (χ0n) is 11.1. The normalized spacial score (nSPS) is 15.5. The summed E-state index contributed by atoms with van der Waals surface area (Å²) in [5.41, 5.74) is 1.58. The van der Waals surface area contributed by atoms with Crippen LogP contribution in [0.5, 0.6) is 0 Å². The van der Waals surface area contributed by atoms with E-state index in [9.17, 15) is 9.59 Å². The molecule has 0 aromatic heterocycles. The average Bonchev–Trinajstić information content (AvgIpc) is 3.24. The van der Waals surface area contributed by atoms with E-state index in [0.717, 1.165) is 24.2 Å². The van der Waals surface area contributed by atoms with E-state index in [1.54, 1.807) is 6.92 Å². The minimum Gasteiger partial charge on any atom is -0.467 e. The van der Waals surface area contributed by atoms with Crippen molar-refractivity contribution in [2.75, 3.05) is 17.7 Å². The highest BCUT2D eigenvalue weighted by Gasteiger charge is 2.29. The van der Waals surface area contributed by atoms with Crippen LogP contribution in [0.4, 0.5) is 11.4 Å². The van der Waals surface area contributed by atoms with Gasteiger partial charge in [-0.2, -0.15) is 0 Å². The molecule has 19 heavy (non-hydrogen) atoms. The van der Waals surface area contributed by atoms with Gasteiger partial charge in [0.25, 0.3) is 0 Å². The lowest BCUT2D eigenvalue weighted by atomic mass is 10.2. The maximum atomic E-state index is 11.6. The first-order valence-corrected chi connectivity index (χ1v) is 6.35. The van der Waals surface area contributed by atoms with Gasteiger partial charge in [0.05, 0.1) is 7.11 Å². The standard InChI is InChI=1S/C14H18N2O3/c1-9(14(18)19-2)15-11-5-7-12(8-6-11)16-13(17)10-3-4-10/h5-10,15H,3-4H2,1-2H3,(H,16,17). The molecule has 5 heteroatoms. The Morgan fingerprint density at radius 3 is 2.32 bits per heavy atom. The Balaban J connectivity index is 1.90. The van der Waals surface area contributed by atoms with Crippen molar-refractivity contribution in [3.8, 4) is 0 Å². The maximum absolute atomic E-state index is 11.6. The van der Waals surface area contributed by atoms with Crippen LogP contribution in [0, 0.1) is 5.92 Å². The molecule has 1 aromatic carbocycles. The summed E-state index contributed by atoms with van der Waals surface area (Å²) in [6, 6.07) is 6.86. The Morgan fingerprint density at radius 2 is 1.79 bits per heavy atom. The van der Waals surface area contributed by atoms with Gasteiger partial charge in [0.2, 0.25) is 5.91 Å². The Hall–Kier alpha value is -2.04. The van der Waals surface area contributed by atoms with Gasteiger partial charge in [-0.15, -0.1) is 0 Å². The summed E-state index contributed by atoms with van der Waals surface area (Å²) in [6.45, 7) is 1.73. The molecule has 2 N–H and O–H groups in total. The molecule has 0 spiro atoms. The van der Waals surface area contributed by atoms with Crippen molar-refractivity contribution in [1.29, 1.82) is 0 Å². The lowest BCUT2D eigenvalue weighted by Gasteiger charge is -2.13. The molecule has 5 nitrogen and oxygen atoms in total. The van der Waals surface area contributed by atoms with Crippen molar-refractivity contribution in [3.05, 3.63) is 24.3 Å². The van der Waals surface area contributed by atoms with Gasteiger partial charge in [0, 0.05) is 17.3 Å². The number of benzene rings is 1. The third kappa shape index (κ3) is 3.71. The van der Waals surface area contributed by atoms with Crippen molar-refractivity contribution in [1.82, 2.24) is 0 Å². The van der Waals surface area contributed by atoms with Gasteiger partial charge in [-0.05, 0) is 44.0 Å². The zero-order valence-corrected chi connectivity index (χ0v) is 11.1. The second-order valence-electron chi connectivity index (χ2n) is 4.73. The van der Waals surface area contributed by atoms with Gasteiger partial charge < -0.3 is 15.4 Å². The number of esters is 1. The lowest BCUT2D eigenvalue weighted by molar-refractivity contribution is -0.141. The van der Waals surface area contributed by atoms with Crippen LogP contribution in [0.1, 0.15) is 19.8 Å². The number of amides is 1. The first-order chi connectivity index (χ1) is 9.10. The predicted molar refractivity (Wildman–Crippen MR) is 72.9 cm³/mol. The summed E-state index contributed by atoms with van der Waals surface area (Å²) < 4.78 is 4.64. The molecular formula is C14H18N2O3. The van der Waals surface area contributed by atoms with E-state index in [1.165, 1.54) is 7.11 Å². The molecule has 102 valence electrons. The van der Waals surface area contributed by atoms with Crippen molar-refractivity contribution in [3.63, 3.8) is 0 Å². The highest BCUT2D eigenvalue weighted by Crippen LogP contribution is 2.30. The van der Waals surface area contributed by atoms with Gasteiger partial charge in [-0.3, -0.25) is 4.79 Å². The Kier molecular flexibility index (Phi) is 4.04. The van der Waals surface area contributed by atoms with E-state index in [4.69, 9.17) is 0 Å². The fraction of sp³-hybridized carbons (Fsp3) is 0.429. The number of carbonyl (C=O) groups excluding carboxylic acids is 2. The van der Waals surface area contributed by atoms with Crippen LogP contribution in [0.3, 0.4) is 0 Å². The minimum atomic E-state index is -0.406. The number of anilines is 2. The van der Waals surface area contributed by atoms with Gasteiger partial charge in [0.15, 0.2) is 0 Å². The van der Waals surface area contributed by atoms with E-state index in [1.807, 2.05) is 24.3 Å². The van der Waals surface area contributed by atoms with Crippen LogP contribution in [-0.2, 0) is 14.3 Å². The first-order valence-electron chi connectivity index (χ1n) is 6.35. The average molecular weight is 262 g/mol. The van der Waals surface area contributed by atoms with Crippen LogP contribution in [0.15, 0.2) is 24.3 Å². The number of methoxy groups -OCH3 is 1. The van der Waals surface area contributed by atoms with Gasteiger partial charge in [-0.1, -0.05) is 0 Å². The maximum Gasteiger partial charge on any atom is 0.327 e. The fourth-order valence-corrected chi connectivity index (χ4v) is 1.73. The van der Waals surface area contributed by atoms with Crippen molar-refractivity contribution in [2.24, 2.45) is 5.92 Å². The number of hydrogen-bond donors (Lipinski definition) is 2. The molecular weight excluding hydrogens is 244 g/mol. The number of ether oxygens (including phenoxy) is 1. The quantitative estimate of drug-likeness (QED) is 0.796. The summed E-state index contributed by atoms with van der Waals surface area (Å²) in [4.78, 5) is 22.8. The highest BCUT2D eigenvalue weighted by atomic mass is 16.5. The molecule has 1 aliphatic rings. The number of hydrogen-bond acceptors (Lipinski definition) is 4. The van der Waals surface area contributed by atoms with Crippen LogP contribution in [-0.4, -0.2) is 25.0 Å². The van der Waals surface area contributed by atoms with Crippen LogP contribution in [0.25, 0.3) is 0 Å². The first kappa shape index (κ1) is 13.4. The zero-order chi connectivity index (χ0) is 13.8. The molecule has 0 radical (unpaired) electrons. The summed E-state index contributed by atoms with van der Waals surface area (Å²) in [7, 11) is 1.36. The van der Waals surface area contributed by atoms with E-state index in [-0.39, 0.29) is 17.8 Å². The summed E-state index contributed by atoms with van der Waals surface area (Å²) >= 11 is 0. The number of carbonyl (C=O) groups is 2. The second-order valence-corrected chi connectivity index (χ2v) is 4.73. The van der Waals surface area contributed by atoms with Gasteiger partial charge in [0.1, 0.15) is 6.04 Å². The molecule has 1 saturated carbocycles. The molecule has 1 atom stereocenters. The molecule has 0 aliphatic heterocycles. The van der Waals surface area contributed by atoms with E-state index >= 15 is 0 Å². The summed E-state index contributed by atoms with van der Waals surface area (Å²) in [5.74, 6) is -0.0353. The van der Waals surface area contributed by atoms with Crippen molar-refractivity contribution in [2.45, 2.75) is 25.8 Å². The van der Waals surface area contributed by atoms with Crippen molar-refractivity contribution >= 4 is 23.3 Å². The molecule has 0 saturated heterocycles. The molecule has 1 aromatic rings. The molecule has 1 aliphatic carbocycles. The molecule has 1 amide bonds.